The molecule has 0 spiro atoms. The Bertz CT molecular complexity index is 1070. The molecule has 33 heavy (non-hydrogen) atoms. The number of aliphatic hydroxyl groups excluding tert-OH is 2. The number of anilines is 2. The Kier molecular flexibility index (Phi) is 8.67. The Morgan fingerprint density at radius 3 is 2.33 bits per heavy atom. The van der Waals surface area contributed by atoms with E-state index >= 15 is 0 Å². The molecule has 0 saturated heterocycles. The van der Waals surface area contributed by atoms with E-state index in [1.54, 1.807) is 24.3 Å². The minimum atomic E-state index is -4.07. The van der Waals surface area contributed by atoms with Crippen LogP contribution in [-0.2, 0) is 22.9 Å². The number of para-hydroxylation sites is 1. The highest BCUT2D eigenvalue weighted by atomic mass is 32.2. The van der Waals surface area contributed by atoms with Gasteiger partial charge in [0.1, 0.15) is 4.90 Å². The lowest BCUT2D eigenvalue weighted by Crippen LogP contribution is -2.34. The van der Waals surface area contributed by atoms with Crippen LogP contribution in [0.2, 0.25) is 0 Å². The number of carboxylic acids is 1. The third-order valence-corrected chi connectivity index (χ3v) is 7.17. The number of nitrogens with zero attached hydrogens (tertiary/aromatic N) is 1. The summed E-state index contributed by atoms with van der Waals surface area (Å²) in [5.41, 5.74) is 2.12. The van der Waals surface area contributed by atoms with Crippen molar-refractivity contribution in [1.29, 1.82) is 0 Å². The highest BCUT2D eigenvalue weighted by molar-refractivity contribution is 7.92. The maximum Gasteiger partial charge on any atom is 0.338 e. The normalized spacial score (nSPS) is 13.5. The number of carboxylic acid groups (broad SMARTS) is 1. The maximum absolute atomic E-state index is 13.2. The Hall–Kier alpha value is -2.66. The van der Waals surface area contributed by atoms with Crippen LogP contribution < -0.4 is 10.0 Å². The maximum atomic E-state index is 13.2. The van der Waals surface area contributed by atoms with Crippen LogP contribution in [0.25, 0.3) is 0 Å². The molecule has 0 aliphatic heterocycles. The van der Waals surface area contributed by atoms with Crippen LogP contribution in [0.1, 0.15) is 34.3 Å². The molecule has 0 saturated carbocycles. The topological polar surface area (TPSA) is 139 Å². The molecule has 2 aromatic rings. The van der Waals surface area contributed by atoms with Crippen LogP contribution in [0.3, 0.4) is 0 Å². The predicted molar refractivity (Wildman–Crippen MR) is 126 cm³/mol. The summed E-state index contributed by atoms with van der Waals surface area (Å²) in [5, 5.41) is 31.2. The number of rotatable bonds is 12. The first-order chi connectivity index (χ1) is 15.9. The Labute approximate surface area is 194 Å². The average molecular weight is 478 g/mol. The van der Waals surface area contributed by atoms with Crippen LogP contribution in [0, 0.1) is 0 Å². The number of aryl methyl sites for hydroxylation is 1. The molecule has 0 heterocycles. The third-order valence-electron chi connectivity index (χ3n) is 5.74. The van der Waals surface area contributed by atoms with Crippen molar-refractivity contribution in [2.24, 2.45) is 0 Å². The van der Waals surface area contributed by atoms with Gasteiger partial charge in [0.05, 0.1) is 30.2 Å². The number of carbonyl (C=O) groups is 1. The molecule has 5 N–H and O–H groups in total. The first kappa shape index (κ1) is 25.0. The fourth-order valence-corrected chi connectivity index (χ4v) is 5.43. The van der Waals surface area contributed by atoms with Gasteiger partial charge in [-0.3, -0.25) is 9.62 Å². The van der Waals surface area contributed by atoms with Gasteiger partial charge in [-0.15, -0.1) is 0 Å². The second-order valence-electron chi connectivity index (χ2n) is 7.96. The molecule has 0 unspecified atom stereocenters. The van der Waals surface area contributed by atoms with E-state index < -0.39 is 16.0 Å². The van der Waals surface area contributed by atoms with Gasteiger partial charge in [0, 0.05) is 26.2 Å². The lowest BCUT2D eigenvalue weighted by molar-refractivity contribution is 0.0696. The first-order valence-corrected chi connectivity index (χ1v) is 12.5. The molecule has 1 aliphatic carbocycles. The van der Waals surface area contributed by atoms with Crippen LogP contribution in [0.15, 0.2) is 41.3 Å². The largest absolute Gasteiger partial charge is 0.478 e. The Morgan fingerprint density at radius 1 is 0.939 bits per heavy atom. The van der Waals surface area contributed by atoms with Crippen LogP contribution in [0.4, 0.5) is 11.4 Å². The van der Waals surface area contributed by atoms with Gasteiger partial charge < -0.3 is 20.6 Å². The minimum absolute atomic E-state index is 0.00919. The number of benzene rings is 2. The van der Waals surface area contributed by atoms with Crippen molar-refractivity contribution >= 4 is 27.4 Å². The van der Waals surface area contributed by atoms with Gasteiger partial charge in [0.2, 0.25) is 0 Å². The SMILES string of the molecule is O=C(O)c1c(NS(=O)(=O)c2ccccc2NCCN(CCO)CCO)ccc2c1CCCC2. The molecular formula is C23H31N3O6S. The molecule has 0 radical (unpaired) electrons. The second kappa shape index (κ2) is 11.5. The molecular weight excluding hydrogens is 446 g/mol. The summed E-state index contributed by atoms with van der Waals surface area (Å²) in [7, 11) is -4.07. The number of hydrogen-bond donors (Lipinski definition) is 5. The molecule has 0 aromatic heterocycles. The molecule has 0 fully saturated rings. The molecule has 0 atom stereocenters. The van der Waals surface area contributed by atoms with Gasteiger partial charge in [-0.1, -0.05) is 18.2 Å². The number of nitrogens with one attached hydrogen (secondary N) is 2. The van der Waals surface area contributed by atoms with E-state index in [-0.39, 0.29) is 29.4 Å². The number of hydrogen-bond acceptors (Lipinski definition) is 7. The van der Waals surface area contributed by atoms with Crippen molar-refractivity contribution in [1.82, 2.24) is 4.90 Å². The molecule has 9 nitrogen and oxygen atoms in total. The molecule has 180 valence electrons. The average Bonchev–Trinajstić information content (AvgIpc) is 2.79. The standard InChI is InChI=1S/C23H31N3O6S/c27-15-13-26(14-16-28)12-11-24-19-7-3-4-8-21(19)33(31,32)25-20-10-9-17-5-1-2-6-18(17)22(20)23(29)30/h3-4,7-10,24-25,27-28H,1-2,5-6,11-16H2,(H,29,30). The highest BCUT2D eigenvalue weighted by Crippen LogP contribution is 2.32. The molecule has 3 rings (SSSR count). The van der Waals surface area contributed by atoms with Gasteiger partial charge in [-0.25, -0.2) is 13.2 Å². The lowest BCUT2D eigenvalue weighted by Gasteiger charge is -2.22. The van der Waals surface area contributed by atoms with E-state index in [0.717, 1.165) is 24.8 Å². The van der Waals surface area contributed by atoms with Gasteiger partial charge >= 0.3 is 5.97 Å². The Morgan fingerprint density at radius 2 is 1.64 bits per heavy atom. The smallest absolute Gasteiger partial charge is 0.338 e. The number of aliphatic hydroxyl groups is 2. The fourth-order valence-electron chi connectivity index (χ4n) is 4.17. The van der Waals surface area contributed by atoms with Gasteiger partial charge in [-0.05, 0) is 55.0 Å². The third kappa shape index (κ3) is 6.23. The van der Waals surface area contributed by atoms with E-state index in [9.17, 15) is 18.3 Å². The number of aromatic carboxylic acids is 1. The number of fused-ring (bicyclic) bond motifs is 1. The van der Waals surface area contributed by atoms with Gasteiger partial charge in [-0.2, -0.15) is 0 Å². The quantitative estimate of drug-likeness (QED) is 0.312. The highest BCUT2D eigenvalue weighted by Gasteiger charge is 2.25. The summed E-state index contributed by atoms with van der Waals surface area (Å²) in [6.45, 7) is 1.62. The fraction of sp³-hybridized carbons (Fsp3) is 0.435. The first-order valence-electron chi connectivity index (χ1n) is 11.0. The van der Waals surface area contributed by atoms with Crippen LogP contribution in [-0.4, -0.2) is 74.0 Å². The molecule has 1 aliphatic rings. The van der Waals surface area contributed by atoms with Crippen molar-refractivity contribution < 1.29 is 28.5 Å². The van der Waals surface area contributed by atoms with Gasteiger partial charge in [0.25, 0.3) is 10.0 Å². The van der Waals surface area contributed by atoms with Crippen molar-refractivity contribution in [2.45, 2.75) is 30.6 Å². The lowest BCUT2D eigenvalue weighted by atomic mass is 9.87. The van der Waals surface area contributed by atoms with E-state index in [4.69, 9.17) is 10.2 Å². The summed E-state index contributed by atoms with van der Waals surface area (Å²) in [6, 6.07) is 9.75. The molecule has 2 aromatic carbocycles. The summed E-state index contributed by atoms with van der Waals surface area (Å²) >= 11 is 0. The summed E-state index contributed by atoms with van der Waals surface area (Å²) < 4.78 is 29.0. The Balaban J connectivity index is 1.82. The summed E-state index contributed by atoms with van der Waals surface area (Å²) in [6.07, 6.45) is 3.27. The van der Waals surface area contributed by atoms with E-state index in [1.807, 2.05) is 4.90 Å². The van der Waals surface area contributed by atoms with Gasteiger partial charge in [0.15, 0.2) is 0 Å². The predicted octanol–water partition coefficient (Wildman–Crippen LogP) is 1.76. The monoisotopic (exact) mass is 477 g/mol. The number of sulfonamides is 1. The molecule has 10 heteroatoms. The zero-order valence-corrected chi connectivity index (χ0v) is 19.3. The van der Waals surface area contributed by atoms with E-state index in [0.29, 0.717) is 43.9 Å². The van der Waals surface area contributed by atoms with E-state index in [2.05, 4.69) is 10.0 Å². The van der Waals surface area contributed by atoms with Crippen molar-refractivity contribution in [3.63, 3.8) is 0 Å². The van der Waals surface area contributed by atoms with Crippen LogP contribution >= 0.6 is 0 Å². The zero-order valence-electron chi connectivity index (χ0n) is 18.5. The summed E-state index contributed by atoms with van der Waals surface area (Å²) in [4.78, 5) is 13.9. The van der Waals surface area contributed by atoms with E-state index in [1.165, 1.54) is 12.1 Å². The van der Waals surface area contributed by atoms with Crippen molar-refractivity contribution in [2.75, 3.05) is 49.4 Å². The molecule has 0 amide bonds. The van der Waals surface area contributed by atoms with Crippen molar-refractivity contribution in [3.05, 3.63) is 53.1 Å². The molecule has 0 bridgehead atoms. The minimum Gasteiger partial charge on any atom is -0.478 e. The zero-order chi connectivity index (χ0) is 23.8. The van der Waals surface area contributed by atoms with Crippen molar-refractivity contribution in [3.8, 4) is 0 Å². The summed E-state index contributed by atoms with van der Waals surface area (Å²) in [5.74, 6) is -1.15. The second-order valence-corrected chi connectivity index (χ2v) is 9.61. The van der Waals surface area contributed by atoms with Crippen LogP contribution in [0.5, 0.6) is 0 Å².